The number of ether oxygens (including phenoxy) is 1. The van der Waals surface area contributed by atoms with Crippen LogP contribution < -0.4 is 10.5 Å². The van der Waals surface area contributed by atoms with Gasteiger partial charge < -0.3 is 10.5 Å². The first-order valence-electron chi connectivity index (χ1n) is 5.73. The summed E-state index contributed by atoms with van der Waals surface area (Å²) in [5.74, 6) is 0.617. The number of nitrogens with two attached hydrogens (primary N) is 1. The van der Waals surface area contributed by atoms with E-state index in [0.29, 0.717) is 19.0 Å². The molecule has 0 bridgehead atoms. The molecule has 2 rings (SSSR count). The number of hydrogen-bond acceptors (Lipinski definition) is 3. The van der Waals surface area contributed by atoms with E-state index in [2.05, 4.69) is 20.9 Å². The quantitative estimate of drug-likeness (QED) is 0.943. The van der Waals surface area contributed by atoms with E-state index in [-0.39, 0.29) is 0 Å². The second-order valence-electron chi connectivity index (χ2n) is 4.04. The maximum Gasteiger partial charge on any atom is 0.214 e. The smallest absolute Gasteiger partial charge is 0.214 e. The number of benzene rings is 1. The van der Waals surface area contributed by atoms with Gasteiger partial charge in [0.2, 0.25) is 5.88 Å². The van der Waals surface area contributed by atoms with Gasteiger partial charge >= 0.3 is 0 Å². The molecule has 3 nitrogen and oxygen atoms in total. The zero-order chi connectivity index (χ0) is 13.0. The molecule has 94 valence electrons. The SMILES string of the molecule is Cc1cc(CN)cc(OCc2ccccc2Br)n1. The van der Waals surface area contributed by atoms with Gasteiger partial charge in [-0.3, -0.25) is 0 Å². The van der Waals surface area contributed by atoms with Crippen LogP contribution in [0.4, 0.5) is 0 Å². The van der Waals surface area contributed by atoms with Crippen molar-refractivity contribution in [2.45, 2.75) is 20.1 Å². The van der Waals surface area contributed by atoms with Crippen molar-refractivity contribution in [2.24, 2.45) is 5.73 Å². The van der Waals surface area contributed by atoms with Crippen LogP contribution >= 0.6 is 15.9 Å². The van der Waals surface area contributed by atoms with Crippen molar-refractivity contribution in [3.05, 3.63) is 57.7 Å². The van der Waals surface area contributed by atoms with Crippen molar-refractivity contribution in [1.29, 1.82) is 0 Å². The molecule has 0 atom stereocenters. The van der Waals surface area contributed by atoms with Gasteiger partial charge in [0, 0.05) is 28.3 Å². The van der Waals surface area contributed by atoms with Gasteiger partial charge in [0.15, 0.2) is 0 Å². The molecule has 18 heavy (non-hydrogen) atoms. The van der Waals surface area contributed by atoms with E-state index in [4.69, 9.17) is 10.5 Å². The molecule has 4 heteroatoms. The molecule has 0 amide bonds. The molecular formula is C14H15BrN2O. The normalized spacial score (nSPS) is 10.4. The zero-order valence-electron chi connectivity index (χ0n) is 10.2. The number of pyridine rings is 1. The Labute approximate surface area is 115 Å². The van der Waals surface area contributed by atoms with E-state index in [9.17, 15) is 0 Å². The molecule has 0 radical (unpaired) electrons. The van der Waals surface area contributed by atoms with Gasteiger partial charge in [-0.2, -0.15) is 0 Å². The van der Waals surface area contributed by atoms with Crippen LogP contribution in [-0.2, 0) is 13.2 Å². The molecule has 0 spiro atoms. The zero-order valence-corrected chi connectivity index (χ0v) is 11.8. The van der Waals surface area contributed by atoms with Gasteiger partial charge in [-0.05, 0) is 24.6 Å². The Hall–Kier alpha value is -1.39. The van der Waals surface area contributed by atoms with Crippen molar-refractivity contribution in [3.63, 3.8) is 0 Å². The van der Waals surface area contributed by atoms with Crippen molar-refractivity contribution >= 4 is 15.9 Å². The Morgan fingerprint density at radius 2 is 2.06 bits per heavy atom. The lowest BCUT2D eigenvalue weighted by Gasteiger charge is -2.09. The molecule has 0 aliphatic carbocycles. The molecule has 1 heterocycles. The molecule has 0 aliphatic heterocycles. The van der Waals surface area contributed by atoms with Crippen LogP contribution in [0.5, 0.6) is 5.88 Å². The first kappa shape index (κ1) is 13.1. The number of aromatic nitrogens is 1. The highest BCUT2D eigenvalue weighted by Crippen LogP contribution is 2.19. The topological polar surface area (TPSA) is 48.1 Å². The lowest BCUT2D eigenvalue weighted by Crippen LogP contribution is -2.02. The Balaban J connectivity index is 2.11. The van der Waals surface area contributed by atoms with Crippen molar-refractivity contribution in [1.82, 2.24) is 4.98 Å². The summed E-state index contributed by atoms with van der Waals surface area (Å²) in [5.41, 5.74) is 8.67. The van der Waals surface area contributed by atoms with Gasteiger partial charge in [0.25, 0.3) is 0 Å². The van der Waals surface area contributed by atoms with Crippen LogP contribution in [0.25, 0.3) is 0 Å². The largest absolute Gasteiger partial charge is 0.473 e. The molecule has 1 aromatic heterocycles. The first-order valence-corrected chi connectivity index (χ1v) is 6.52. The molecule has 0 saturated heterocycles. The summed E-state index contributed by atoms with van der Waals surface area (Å²) >= 11 is 3.49. The summed E-state index contributed by atoms with van der Waals surface area (Å²) in [7, 11) is 0. The maximum atomic E-state index is 5.70. The van der Waals surface area contributed by atoms with E-state index in [0.717, 1.165) is 21.3 Å². The van der Waals surface area contributed by atoms with Crippen LogP contribution in [-0.4, -0.2) is 4.98 Å². The molecular weight excluding hydrogens is 292 g/mol. The monoisotopic (exact) mass is 306 g/mol. The van der Waals surface area contributed by atoms with Gasteiger partial charge in [0.05, 0.1) is 0 Å². The third kappa shape index (κ3) is 3.31. The Morgan fingerprint density at radius 1 is 1.28 bits per heavy atom. The highest BCUT2D eigenvalue weighted by molar-refractivity contribution is 9.10. The maximum absolute atomic E-state index is 5.70. The van der Waals surface area contributed by atoms with Crippen LogP contribution in [0.2, 0.25) is 0 Å². The van der Waals surface area contributed by atoms with Crippen molar-refractivity contribution in [2.75, 3.05) is 0 Å². The third-order valence-corrected chi connectivity index (χ3v) is 3.33. The number of nitrogens with zero attached hydrogens (tertiary/aromatic N) is 1. The Kier molecular flexibility index (Phi) is 4.33. The molecule has 1 aromatic carbocycles. The fraction of sp³-hybridized carbons (Fsp3) is 0.214. The van der Waals surface area contributed by atoms with Gasteiger partial charge in [-0.15, -0.1) is 0 Å². The van der Waals surface area contributed by atoms with Gasteiger partial charge in [0.1, 0.15) is 6.61 Å². The summed E-state index contributed by atoms with van der Waals surface area (Å²) in [6, 6.07) is 11.8. The number of halogens is 1. The fourth-order valence-electron chi connectivity index (χ4n) is 1.67. The van der Waals surface area contributed by atoms with E-state index in [1.165, 1.54) is 0 Å². The first-order chi connectivity index (χ1) is 8.69. The predicted octanol–water partition coefficient (Wildman–Crippen LogP) is 3.19. The fourth-order valence-corrected chi connectivity index (χ4v) is 2.07. The number of rotatable bonds is 4. The number of aryl methyl sites for hydroxylation is 1. The van der Waals surface area contributed by atoms with Crippen LogP contribution in [0, 0.1) is 6.92 Å². The molecule has 0 fully saturated rings. The molecule has 0 unspecified atom stereocenters. The van der Waals surface area contributed by atoms with Crippen LogP contribution in [0.1, 0.15) is 16.8 Å². The molecule has 2 N–H and O–H groups in total. The minimum Gasteiger partial charge on any atom is -0.473 e. The van der Waals surface area contributed by atoms with E-state index < -0.39 is 0 Å². The summed E-state index contributed by atoms with van der Waals surface area (Å²) in [5, 5.41) is 0. The lowest BCUT2D eigenvalue weighted by atomic mass is 10.2. The van der Waals surface area contributed by atoms with Crippen molar-refractivity contribution < 1.29 is 4.74 Å². The standard InChI is InChI=1S/C14H15BrN2O/c1-10-6-11(8-16)7-14(17-10)18-9-12-4-2-3-5-13(12)15/h2-7H,8-9,16H2,1H3. The summed E-state index contributed by atoms with van der Waals surface area (Å²) < 4.78 is 6.74. The minimum absolute atomic E-state index is 0.488. The van der Waals surface area contributed by atoms with Gasteiger partial charge in [-0.1, -0.05) is 34.1 Å². The van der Waals surface area contributed by atoms with E-state index in [1.807, 2.05) is 43.3 Å². The highest BCUT2D eigenvalue weighted by Gasteiger charge is 2.03. The molecule has 0 saturated carbocycles. The average molecular weight is 307 g/mol. The van der Waals surface area contributed by atoms with Crippen LogP contribution in [0.3, 0.4) is 0 Å². The highest BCUT2D eigenvalue weighted by atomic mass is 79.9. The third-order valence-electron chi connectivity index (χ3n) is 2.56. The average Bonchev–Trinajstić information content (AvgIpc) is 2.37. The number of hydrogen-bond donors (Lipinski definition) is 1. The Morgan fingerprint density at radius 3 is 2.78 bits per heavy atom. The minimum atomic E-state index is 0.488. The van der Waals surface area contributed by atoms with Crippen molar-refractivity contribution in [3.8, 4) is 5.88 Å². The Bertz CT molecular complexity index is 543. The molecule has 2 aromatic rings. The van der Waals surface area contributed by atoms with E-state index in [1.54, 1.807) is 0 Å². The molecule has 0 aliphatic rings. The van der Waals surface area contributed by atoms with E-state index >= 15 is 0 Å². The second-order valence-corrected chi connectivity index (χ2v) is 4.89. The second kappa shape index (κ2) is 5.98. The summed E-state index contributed by atoms with van der Waals surface area (Å²) in [6.07, 6.45) is 0. The van der Waals surface area contributed by atoms with Gasteiger partial charge in [-0.25, -0.2) is 4.98 Å². The summed E-state index contributed by atoms with van der Waals surface area (Å²) in [4.78, 5) is 4.33. The van der Waals surface area contributed by atoms with Crippen LogP contribution in [0.15, 0.2) is 40.9 Å². The predicted molar refractivity (Wildman–Crippen MR) is 75.3 cm³/mol. The lowest BCUT2D eigenvalue weighted by molar-refractivity contribution is 0.292. The summed E-state index contributed by atoms with van der Waals surface area (Å²) in [6.45, 7) is 2.92.